The highest BCUT2D eigenvalue weighted by atomic mass is 16.5. The summed E-state index contributed by atoms with van der Waals surface area (Å²) in [7, 11) is 0. The maximum atomic E-state index is 10.4. The summed E-state index contributed by atoms with van der Waals surface area (Å²) in [5, 5.41) is 0. The first-order valence-electron chi connectivity index (χ1n) is 5.34. The summed E-state index contributed by atoms with van der Waals surface area (Å²) in [5.41, 5.74) is 0. The number of hydrogen-bond acceptors (Lipinski definition) is 2. The molecule has 14 heavy (non-hydrogen) atoms. The molecule has 0 amide bonds. The highest BCUT2D eigenvalue weighted by molar-refractivity contribution is 5.38. The molecule has 0 aromatic heterocycles. The summed E-state index contributed by atoms with van der Waals surface area (Å²) in [4.78, 5) is 10.4. The maximum Gasteiger partial charge on any atom is 0.293 e. The molecule has 0 saturated heterocycles. The SMILES string of the molecule is O=CO[C@@H]1CC=C[C@H]2[C@@H]1[C@H]1C=C[C@@H]2C1. The van der Waals surface area contributed by atoms with E-state index in [4.69, 9.17) is 4.74 Å². The first kappa shape index (κ1) is 8.27. The van der Waals surface area contributed by atoms with Crippen LogP contribution < -0.4 is 0 Å². The zero-order valence-corrected chi connectivity index (χ0v) is 8.00. The van der Waals surface area contributed by atoms with Crippen molar-refractivity contribution < 1.29 is 9.53 Å². The summed E-state index contributed by atoms with van der Waals surface area (Å²) < 4.78 is 5.18. The van der Waals surface area contributed by atoms with Gasteiger partial charge in [-0.15, -0.1) is 0 Å². The zero-order chi connectivity index (χ0) is 9.54. The Balaban J connectivity index is 1.89. The normalized spacial score (nSPS) is 47.9. The molecule has 2 heteroatoms. The van der Waals surface area contributed by atoms with Crippen LogP contribution in [-0.4, -0.2) is 12.6 Å². The Hall–Kier alpha value is -1.05. The Morgan fingerprint density at radius 2 is 2.07 bits per heavy atom. The first-order chi connectivity index (χ1) is 6.90. The van der Waals surface area contributed by atoms with E-state index in [0.717, 1.165) is 6.42 Å². The second-order valence-electron chi connectivity index (χ2n) is 4.54. The molecule has 3 aliphatic rings. The smallest absolute Gasteiger partial charge is 0.293 e. The van der Waals surface area contributed by atoms with Crippen molar-refractivity contribution in [2.24, 2.45) is 23.7 Å². The topological polar surface area (TPSA) is 26.3 Å². The van der Waals surface area contributed by atoms with Gasteiger partial charge in [-0.25, -0.2) is 0 Å². The fourth-order valence-corrected chi connectivity index (χ4v) is 3.44. The molecule has 1 saturated carbocycles. The average molecular weight is 190 g/mol. The van der Waals surface area contributed by atoms with Crippen molar-refractivity contribution in [1.82, 2.24) is 0 Å². The lowest BCUT2D eigenvalue weighted by Gasteiger charge is -2.34. The van der Waals surface area contributed by atoms with E-state index < -0.39 is 0 Å². The lowest BCUT2D eigenvalue weighted by atomic mass is 9.75. The molecule has 2 nitrogen and oxygen atoms in total. The summed E-state index contributed by atoms with van der Waals surface area (Å²) >= 11 is 0. The van der Waals surface area contributed by atoms with Crippen molar-refractivity contribution in [1.29, 1.82) is 0 Å². The van der Waals surface area contributed by atoms with E-state index >= 15 is 0 Å². The van der Waals surface area contributed by atoms with Crippen molar-refractivity contribution in [3.8, 4) is 0 Å². The summed E-state index contributed by atoms with van der Waals surface area (Å²) in [6.07, 6.45) is 11.4. The van der Waals surface area contributed by atoms with Gasteiger partial charge in [0.1, 0.15) is 6.10 Å². The fourth-order valence-electron chi connectivity index (χ4n) is 3.44. The van der Waals surface area contributed by atoms with Gasteiger partial charge in [-0.05, 0) is 24.2 Å². The van der Waals surface area contributed by atoms with Gasteiger partial charge in [0.05, 0.1) is 0 Å². The van der Waals surface area contributed by atoms with Crippen LogP contribution >= 0.6 is 0 Å². The molecule has 0 heterocycles. The van der Waals surface area contributed by atoms with Gasteiger partial charge in [0, 0.05) is 12.3 Å². The monoisotopic (exact) mass is 190 g/mol. The Morgan fingerprint density at radius 1 is 1.21 bits per heavy atom. The molecular formula is C12H14O2. The lowest BCUT2D eigenvalue weighted by molar-refractivity contribution is -0.137. The van der Waals surface area contributed by atoms with E-state index in [1.54, 1.807) is 0 Å². The molecular weight excluding hydrogens is 176 g/mol. The Kier molecular flexibility index (Phi) is 1.76. The van der Waals surface area contributed by atoms with Crippen LogP contribution in [0.4, 0.5) is 0 Å². The van der Waals surface area contributed by atoms with E-state index in [1.165, 1.54) is 6.42 Å². The maximum absolute atomic E-state index is 10.4. The minimum Gasteiger partial charge on any atom is -0.464 e. The van der Waals surface area contributed by atoms with Crippen molar-refractivity contribution in [2.75, 3.05) is 0 Å². The van der Waals surface area contributed by atoms with Crippen LogP contribution in [0.25, 0.3) is 0 Å². The molecule has 2 bridgehead atoms. The van der Waals surface area contributed by atoms with Crippen molar-refractivity contribution in [3.63, 3.8) is 0 Å². The summed E-state index contributed by atoms with van der Waals surface area (Å²) in [5.74, 6) is 2.54. The molecule has 1 fully saturated rings. The van der Waals surface area contributed by atoms with Crippen LogP contribution in [0.15, 0.2) is 24.3 Å². The average Bonchev–Trinajstić information content (AvgIpc) is 2.79. The van der Waals surface area contributed by atoms with E-state index in [9.17, 15) is 4.79 Å². The van der Waals surface area contributed by atoms with Crippen molar-refractivity contribution in [3.05, 3.63) is 24.3 Å². The minimum absolute atomic E-state index is 0.127. The summed E-state index contributed by atoms with van der Waals surface area (Å²) in [6, 6.07) is 0. The molecule has 0 unspecified atom stereocenters. The van der Waals surface area contributed by atoms with E-state index in [-0.39, 0.29) is 6.10 Å². The van der Waals surface area contributed by atoms with Crippen molar-refractivity contribution in [2.45, 2.75) is 18.9 Å². The van der Waals surface area contributed by atoms with Gasteiger partial charge in [-0.3, -0.25) is 4.79 Å². The van der Waals surface area contributed by atoms with E-state index in [1.807, 2.05) is 0 Å². The number of fused-ring (bicyclic) bond motifs is 5. The minimum atomic E-state index is 0.127. The lowest BCUT2D eigenvalue weighted by Crippen LogP contribution is -2.34. The third kappa shape index (κ3) is 0.999. The molecule has 3 aliphatic carbocycles. The van der Waals surface area contributed by atoms with Crippen molar-refractivity contribution >= 4 is 6.47 Å². The first-order valence-corrected chi connectivity index (χ1v) is 5.34. The van der Waals surface area contributed by atoms with Gasteiger partial charge >= 0.3 is 0 Å². The van der Waals surface area contributed by atoms with Gasteiger partial charge in [-0.2, -0.15) is 0 Å². The van der Waals surface area contributed by atoms with Gasteiger partial charge < -0.3 is 4.74 Å². The van der Waals surface area contributed by atoms with Crippen LogP contribution in [-0.2, 0) is 9.53 Å². The summed E-state index contributed by atoms with van der Waals surface area (Å²) in [6.45, 7) is 0.608. The predicted molar refractivity (Wildman–Crippen MR) is 52.4 cm³/mol. The molecule has 0 aliphatic heterocycles. The third-order valence-electron chi connectivity index (χ3n) is 3.97. The Morgan fingerprint density at radius 3 is 2.93 bits per heavy atom. The molecule has 0 N–H and O–H groups in total. The molecule has 0 spiro atoms. The highest BCUT2D eigenvalue weighted by Crippen LogP contribution is 2.52. The second kappa shape index (κ2) is 2.97. The standard InChI is InChI=1S/C12H14O2/c13-7-14-11-3-1-2-10-8-4-5-9(6-8)12(10)11/h1-2,4-5,7-12H,3,6H2/t8-,9+,10-,11-,12+/m1/s1. The number of ether oxygens (including phenoxy) is 1. The number of carbonyl (C=O) groups is 1. The molecule has 74 valence electrons. The van der Waals surface area contributed by atoms with Gasteiger partial charge in [0.2, 0.25) is 0 Å². The van der Waals surface area contributed by atoms with Gasteiger partial charge in [0.25, 0.3) is 6.47 Å². The molecule has 0 aromatic rings. The fraction of sp³-hybridized carbons (Fsp3) is 0.583. The molecule has 0 radical (unpaired) electrons. The second-order valence-corrected chi connectivity index (χ2v) is 4.54. The number of allylic oxidation sites excluding steroid dienone is 3. The largest absolute Gasteiger partial charge is 0.464 e. The Labute approximate surface area is 83.6 Å². The van der Waals surface area contributed by atoms with Crippen LogP contribution in [0.3, 0.4) is 0 Å². The van der Waals surface area contributed by atoms with E-state index in [2.05, 4.69) is 24.3 Å². The van der Waals surface area contributed by atoms with Gasteiger partial charge in [0.15, 0.2) is 0 Å². The van der Waals surface area contributed by atoms with Crippen LogP contribution in [0, 0.1) is 23.7 Å². The highest BCUT2D eigenvalue weighted by Gasteiger charge is 2.48. The number of hydrogen-bond donors (Lipinski definition) is 0. The van der Waals surface area contributed by atoms with Crippen LogP contribution in [0.2, 0.25) is 0 Å². The number of rotatable bonds is 2. The number of carbonyl (C=O) groups excluding carboxylic acids is 1. The van der Waals surface area contributed by atoms with Gasteiger partial charge in [-0.1, -0.05) is 24.3 Å². The third-order valence-corrected chi connectivity index (χ3v) is 3.97. The van der Waals surface area contributed by atoms with Crippen LogP contribution in [0.5, 0.6) is 0 Å². The zero-order valence-electron chi connectivity index (χ0n) is 8.00. The predicted octanol–water partition coefficient (Wildman–Crippen LogP) is 1.93. The quantitative estimate of drug-likeness (QED) is 0.491. The Bertz CT molecular complexity index is 305. The van der Waals surface area contributed by atoms with Crippen LogP contribution in [0.1, 0.15) is 12.8 Å². The molecule has 3 rings (SSSR count). The molecule has 5 atom stereocenters. The van der Waals surface area contributed by atoms with E-state index in [0.29, 0.717) is 30.1 Å². The molecule has 0 aromatic carbocycles.